The molecule has 0 radical (unpaired) electrons. The summed E-state index contributed by atoms with van der Waals surface area (Å²) in [5.41, 5.74) is 4.04. The molecule has 1 saturated heterocycles. The van der Waals surface area contributed by atoms with Crippen LogP contribution in [0, 0.1) is 5.92 Å². The van der Waals surface area contributed by atoms with Crippen LogP contribution in [0.1, 0.15) is 37.7 Å². The fourth-order valence-corrected chi connectivity index (χ4v) is 5.43. The molecule has 5 heteroatoms. The molecular weight excluding hydrogens is 408 g/mol. The molecule has 0 unspecified atom stereocenters. The van der Waals surface area contributed by atoms with Gasteiger partial charge in [-0.25, -0.2) is 0 Å². The predicted octanol–water partition coefficient (Wildman–Crippen LogP) is 5.65. The number of carbonyl (C=O) groups excluding carboxylic acids is 1. The summed E-state index contributed by atoms with van der Waals surface area (Å²) in [6.45, 7) is 1.64. The van der Waals surface area contributed by atoms with Crippen LogP contribution >= 0.6 is 11.6 Å². The molecule has 31 heavy (non-hydrogen) atoms. The summed E-state index contributed by atoms with van der Waals surface area (Å²) in [4.78, 5) is 18.9. The number of hydrogen-bond donors (Lipinski definition) is 0. The molecule has 3 aromatic rings. The largest absolute Gasteiger partial charge is 0.487 e. The van der Waals surface area contributed by atoms with Gasteiger partial charge in [0, 0.05) is 49.0 Å². The minimum absolute atomic E-state index is 0.126. The third-order valence-corrected chi connectivity index (χ3v) is 7.56. The first kappa shape index (κ1) is 19.1. The second-order valence-electron chi connectivity index (χ2n) is 9.21. The van der Waals surface area contributed by atoms with E-state index >= 15 is 0 Å². The lowest BCUT2D eigenvalue weighted by Crippen LogP contribution is -2.51. The molecule has 1 saturated carbocycles. The topological polar surface area (TPSA) is 42.4 Å². The van der Waals surface area contributed by atoms with Crippen molar-refractivity contribution in [3.8, 4) is 16.9 Å². The maximum absolute atomic E-state index is 12.4. The summed E-state index contributed by atoms with van der Waals surface area (Å²) in [6.07, 6.45) is 7.77. The van der Waals surface area contributed by atoms with Crippen LogP contribution in [0.25, 0.3) is 22.0 Å². The first-order valence-corrected chi connectivity index (χ1v) is 11.6. The number of piperidine rings is 1. The van der Waals surface area contributed by atoms with E-state index in [1.165, 1.54) is 5.56 Å². The standard InChI is InChI=1S/C26H25ClN2O2/c27-23-21(7-5-17-2-1-13-28-24(17)23)19-6-8-22-20(16-19)9-10-26(31-22)11-14-29(15-12-26)25(30)18-3-4-18/h1-2,5-8,13,16,18H,3-4,9-12,14-15H2. The van der Waals surface area contributed by atoms with E-state index in [0.717, 1.165) is 79.4 Å². The Hall–Kier alpha value is -2.59. The summed E-state index contributed by atoms with van der Waals surface area (Å²) in [5, 5.41) is 1.74. The van der Waals surface area contributed by atoms with Crippen LogP contribution in [0.3, 0.4) is 0 Å². The zero-order valence-electron chi connectivity index (χ0n) is 17.4. The first-order chi connectivity index (χ1) is 15.1. The number of halogens is 1. The van der Waals surface area contributed by atoms with Gasteiger partial charge in [0.15, 0.2) is 0 Å². The number of aromatic nitrogens is 1. The Morgan fingerprint density at radius 1 is 1.10 bits per heavy atom. The lowest BCUT2D eigenvalue weighted by Gasteiger charge is -2.44. The van der Waals surface area contributed by atoms with Crippen molar-refractivity contribution in [2.24, 2.45) is 5.92 Å². The number of hydrogen-bond acceptors (Lipinski definition) is 3. The van der Waals surface area contributed by atoms with Crippen LogP contribution in [0.15, 0.2) is 48.7 Å². The van der Waals surface area contributed by atoms with Crippen molar-refractivity contribution in [1.82, 2.24) is 9.88 Å². The Balaban J connectivity index is 1.23. The summed E-state index contributed by atoms with van der Waals surface area (Å²) in [7, 11) is 0. The minimum Gasteiger partial charge on any atom is -0.487 e. The second kappa shape index (κ2) is 7.23. The minimum atomic E-state index is -0.126. The Bertz CT molecular complexity index is 1180. The van der Waals surface area contributed by atoms with E-state index in [4.69, 9.17) is 16.3 Å². The number of benzene rings is 2. The van der Waals surface area contributed by atoms with Crippen molar-refractivity contribution in [1.29, 1.82) is 0 Å². The summed E-state index contributed by atoms with van der Waals surface area (Å²) >= 11 is 6.72. The SMILES string of the molecule is O=C(C1CC1)N1CCC2(CCc3cc(-c4ccc5cccnc5c4Cl)ccc3O2)CC1. The smallest absolute Gasteiger partial charge is 0.225 e. The number of fused-ring (bicyclic) bond motifs is 2. The van der Waals surface area contributed by atoms with Crippen molar-refractivity contribution in [2.75, 3.05) is 13.1 Å². The molecular formula is C26H25ClN2O2. The lowest BCUT2D eigenvalue weighted by molar-refractivity contribution is -0.136. The second-order valence-corrected chi connectivity index (χ2v) is 9.59. The maximum atomic E-state index is 12.4. The van der Waals surface area contributed by atoms with Gasteiger partial charge in [0.05, 0.1) is 10.5 Å². The molecule has 6 rings (SSSR count). The highest BCUT2D eigenvalue weighted by atomic mass is 35.5. The van der Waals surface area contributed by atoms with Gasteiger partial charge in [-0.3, -0.25) is 9.78 Å². The van der Waals surface area contributed by atoms with Gasteiger partial charge in [-0.2, -0.15) is 0 Å². The van der Waals surface area contributed by atoms with Crippen molar-refractivity contribution in [2.45, 2.75) is 44.1 Å². The Morgan fingerprint density at radius 3 is 2.74 bits per heavy atom. The Kier molecular flexibility index (Phi) is 4.46. The average Bonchev–Trinajstić information content (AvgIpc) is 3.65. The summed E-state index contributed by atoms with van der Waals surface area (Å²) < 4.78 is 6.57. The molecule has 3 aliphatic rings. The fourth-order valence-electron chi connectivity index (χ4n) is 5.10. The van der Waals surface area contributed by atoms with E-state index in [-0.39, 0.29) is 5.60 Å². The van der Waals surface area contributed by atoms with Crippen LogP contribution in [-0.2, 0) is 11.2 Å². The number of amides is 1. The number of pyridine rings is 1. The molecule has 3 heterocycles. The van der Waals surface area contributed by atoms with Gasteiger partial charge >= 0.3 is 0 Å². The Morgan fingerprint density at radius 2 is 1.94 bits per heavy atom. The number of nitrogens with zero attached hydrogens (tertiary/aromatic N) is 2. The number of rotatable bonds is 2. The molecule has 0 N–H and O–H groups in total. The molecule has 2 aliphatic heterocycles. The molecule has 1 spiro atoms. The number of ether oxygens (including phenoxy) is 1. The molecule has 1 aliphatic carbocycles. The third kappa shape index (κ3) is 3.38. The molecule has 4 nitrogen and oxygen atoms in total. The average molecular weight is 433 g/mol. The van der Waals surface area contributed by atoms with E-state index in [0.29, 0.717) is 16.8 Å². The van der Waals surface area contributed by atoms with E-state index in [1.54, 1.807) is 6.20 Å². The highest BCUT2D eigenvalue weighted by molar-refractivity contribution is 6.37. The Labute approximate surface area is 187 Å². The molecule has 1 amide bonds. The molecule has 2 aromatic carbocycles. The van der Waals surface area contributed by atoms with Crippen molar-refractivity contribution in [3.63, 3.8) is 0 Å². The molecule has 1 aromatic heterocycles. The van der Waals surface area contributed by atoms with E-state index in [9.17, 15) is 4.79 Å². The van der Waals surface area contributed by atoms with Gasteiger partial charge in [0.1, 0.15) is 11.4 Å². The van der Waals surface area contributed by atoms with E-state index in [1.807, 2.05) is 12.1 Å². The lowest BCUT2D eigenvalue weighted by atomic mass is 9.82. The fraction of sp³-hybridized carbons (Fsp3) is 0.385. The quantitative estimate of drug-likeness (QED) is 0.525. The number of likely N-dealkylation sites (tertiary alicyclic amines) is 1. The molecule has 0 bridgehead atoms. The number of aryl methyl sites for hydroxylation is 1. The number of carbonyl (C=O) groups is 1. The summed E-state index contributed by atoms with van der Waals surface area (Å²) in [5.74, 6) is 1.64. The molecule has 0 atom stereocenters. The van der Waals surface area contributed by atoms with Crippen LogP contribution in [0.2, 0.25) is 5.02 Å². The van der Waals surface area contributed by atoms with Gasteiger partial charge in [0.25, 0.3) is 0 Å². The van der Waals surface area contributed by atoms with Crippen molar-refractivity contribution in [3.05, 3.63) is 59.2 Å². The maximum Gasteiger partial charge on any atom is 0.225 e. The van der Waals surface area contributed by atoms with Gasteiger partial charge in [-0.1, -0.05) is 35.9 Å². The van der Waals surface area contributed by atoms with Crippen molar-refractivity contribution >= 4 is 28.4 Å². The van der Waals surface area contributed by atoms with Crippen LogP contribution in [0.5, 0.6) is 5.75 Å². The van der Waals surface area contributed by atoms with Gasteiger partial charge in [-0.05, 0) is 55.0 Å². The zero-order valence-corrected chi connectivity index (χ0v) is 18.2. The predicted molar refractivity (Wildman–Crippen MR) is 122 cm³/mol. The van der Waals surface area contributed by atoms with Crippen LogP contribution in [0.4, 0.5) is 0 Å². The van der Waals surface area contributed by atoms with Crippen molar-refractivity contribution < 1.29 is 9.53 Å². The van der Waals surface area contributed by atoms with E-state index in [2.05, 4.69) is 40.2 Å². The molecule has 158 valence electrons. The normalized spacial score (nSPS) is 19.8. The monoisotopic (exact) mass is 432 g/mol. The summed E-state index contributed by atoms with van der Waals surface area (Å²) in [6, 6.07) is 14.5. The third-order valence-electron chi connectivity index (χ3n) is 7.17. The van der Waals surface area contributed by atoms with Gasteiger partial charge < -0.3 is 9.64 Å². The highest BCUT2D eigenvalue weighted by Crippen LogP contribution is 2.43. The van der Waals surface area contributed by atoms with Gasteiger partial charge in [0.2, 0.25) is 5.91 Å². The van der Waals surface area contributed by atoms with Crippen LogP contribution < -0.4 is 4.74 Å². The zero-order chi connectivity index (χ0) is 21.0. The first-order valence-electron chi connectivity index (χ1n) is 11.3. The highest BCUT2D eigenvalue weighted by Gasteiger charge is 2.42. The molecule has 2 fully saturated rings. The van der Waals surface area contributed by atoms with Crippen LogP contribution in [-0.4, -0.2) is 34.5 Å². The van der Waals surface area contributed by atoms with Gasteiger partial charge in [-0.15, -0.1) is 0 Å². The van der Waals surface area contributed by atoms with E-state index < -0.39 is 0 Å².